The Morgan fingerprint density at radius 1 is 1.00 bits per heavy atom. The molecule has 10 heavy (non-hydrogen) atoms. The predicted molar refractivity (Wildman–Crippen MR) is 48.1 cm³/mol. The van der Waals surface area contributed by atoms with Crippen LogP contribution in [0, 0.1) is 5.92 Å². The van der Waals surface area contributed by atoms with Crippen LogP contribution in [0.25, 0.3) is 0 Å². The van der Waals surface area contributed by atoms with Crippen LogP contribution < -0.4 is 0 Å². The van der Waals surface area contributed by atoms with Crippen LogP contribution in [0.4, 0.5) is 0 Å². The molecule has 0 aromatic heterocycles. The average Bonchev–Trinajstić information content (AvgIpc) is 1.99. The van der Waals surface area contributed by atoms with Gasteiger partial charge in [0.15, 0.2) is 0 Å². The maximum Gasteiger partial charge on any atom is -0.0322 e. The summed E-state index contributed by atoms with van der Waals surface area (Å²) in [6, 6.07) is 0. The van der Waals surface area contributed by atoms with Gasteiger partial charge in [-0.3, -0.25) is 0 Å². The highest BCUT2D eigenvalue weighted by atomic mass is 14.0. The third-order valence-electron chi connectivity index (χ3n) is 2.03. The first-order valence-corrected chi connectivity index (χ1v) is 4.50. The molecule has 0 aliphatic rings. The maximum atomic E-state index is 2.32. The van der Waals surface area contributed by atoms with Crippen molar-refractivity contribution in [2.75, 3.05) is 0 Å². The van der Waals surface area contributed by atoms with Gasteiger partial charge in [-0.05, 0) is 18.8 Å². The molecule has 0 amide bonds. The Hall–Kier alpha value is -0.260. The van der Waals surface area contributed by atoms with E-state index in [1.165, 1.54) is 25.7 Å². The van der Waals surface area contributed by atoms with Crippen LogP contribution in [-0.4, -0.2) is 0 Å². The van der Waals surface area contributed by atoms with Gasteiger partial charge in [-0.25, -0.2) is 0 Å². The van der Waals surface area contributed by atoms with E-state index in [0.717, 1.165) is 5.92 Å². The molecule has 0 saturated heterocycles. The number of allylic oxidation sites excluding steroid dienone is 2. The molecule has 0 aromatic rings. The van der Waals surface area contributed by atoms with Gasteiger partial charge in [-0.2, -0.15) is 0 Å². The fourth-order valence-corrected chi connectivity index (χ4v) is 1.08. The smallest absolute Gasteiger partial charge is 0.0322 e. The molecular weight excluding hydrogens is 120 g/mol. The molecule has 0 heteroatoms. The summed E-state index contributed by atoms with van der Waals surface area (Å²) in [6.07, 6.45) is 9.69. The second kappa shape index (κ2) is 6.85. The molecule has 0 rings (SSSR count). The van der Waals surface area contributed by atoms with E-state index in [1.807, 2.05) is 0 Å². The fraction of sp³-hybridized carbons (Fsp3) is 0.800. The molecule has 0 N–H and O–H groups in total. The molecule has 0 aliphatic heterocycles. The summed E-state index contributed by atoms with van der Waals surface area (Å²) in [5, 5.41) is 0. The summed E-state index contributed by atoms with van der Waals surface area (Å²) in [5.41, 5.74) is 0. The third kappa shape index (κ3) is 4.60. The standard InChI is InChI=1S/C10H20/c1-4-7-8-9-10(5-2)6-3/h7-8,10H,4-6,9H2,1-3H3/b8-7+. The number of rotatable bonds is 5. The van der Waals surface area contributed by atoms with Gasteiger partial charge >= 0.3 is 0 Å². The molecule has 0 atom stereocenters. The molecule has 60 valence electrons. The van der Waals surface area contributed by atoms with Crippen molar-refractivity contribution in [2.24, 2.45) is 5.92 Å². The lowest BCUT2D eigenvalue weighted by atomic mass is 9.99. The molecular formula is C10H20. The van der Waals surface area contributed by atoms with Crippen molar-refractivity contribution in [1.29, 1.82) is 0 Å². The first kappa shape index (κ1) is 9.74. The van der Waals surface area contributed by atoms with Crippen LogP contribution in [0.1, 0.15) is 46.5 Å². The van der Waals surface area contributed by atoms with Gasteiger partial charge in [-0.1, -0.05) is 45.8 Å². The highest BCUT2D eigenvalue weighted by molar-refractivity contribution is 4.82. The summed E-state index contributed by atoms with van der Waals surface area (Å²) in [5.74, 6) is 0.919. The lowest BCUT2D eigenvalue weighted by Gasteiger charge is -2.07. The molecule has 0 aromatic carbocycles. The van der Waals surface area contributed by atoms with Gasteiger partial charge in [0, 0.05) is 0 Å². The van der Waals surface area contributed by atoms with Crippen molar-refractivity contribution in [3.8, 4) is 0 Å². The van der Waals surface area contributed by atoms with Crippen molar-refractivity contribution < 1.29 is 0 Å². The van der Waals surface area contributed by atoms with E-state index in [1.54, 1.807) is 0 Å². The van der Waals surface area contributed by atoms with Crippen molar-refractivity contribution in [2.45, 2.75) is 46.5 Å². The fourth-order valence-electron chi connectivity index (χ4n) is 1.08. The highest BCUT2D eigenvalue weighted by Gasteiger charge is 1.98. The van der Waals surface area contributed by atoms with Gasteiger partial charge in [-0.15, -0.1) is 0 Å². The molecule has 0 bridgehead atoms. The largest absolute Gasteiger partial charge is 0.0888 e. The van der Waals surface area contributed by atoms with Crippen molar-refractivity contribution in [1.82, 2.24) is 0 Å². The predicted octanol–water partition coefficient (Wildman–Crippen LogP) is 3.78. The molecule has 0 saturated carbocycles. The monoisotopic (exact) mass is 140 g/mol. The van der Waals surface area contributed by atoms with Gasteiger partial charge in [0.1, 0.15) is 0 Å². The van der Waals surface area contributed by atoms with Crippen LogP contribution in [0.15, 0.2) is 12.2 Å². The van der Waals surface area contributed by atoms with Crippen LogP contribution >= 0.6 is 0 Å². The van der Waals surface area contributed by atoms with E-state index in [9.17, 15) is 0 Å². The van der Waals surface area contributed by atoms with Crippen molar-refractivity contribution in [3.05, 3.63) is 12.2 Å². The number of hydrogen-bond donors (Lipinski definition) is 0. The second-order valence-corrected chi connectivity index (χ2v) is 2.80. The SMILES string of the molecule is CC/C=C/CC(CC)CC. The minimum atomic E-state index is 0.919. The van der Waals surface area contributed by atoms with E-state index in [0.29, 0.717) is 0 Å². The first-order valence-electron chi connectivity index (χ1n) is 4.50. The zero-order chi connectivity index (χ0) is 7.82. The minimum Gasteiger partial charge on any atom is -0.0888 e. The summed E-state index contributed by atoms with van der Waals surface area (Å²) < 4.78 is 0. The van der Waals surface area contributed by atoms with Crippen LogP contribution in [-0.2, 0) is 0 Å². The minimum absolute atomic E-state index is 0.919. The third-order valence-corrected chi connectivity index (χ3v) is 2.03. The van der Waals surface area contributed by atoms with Gasteiger partial charge in [0.2, 0.25) is 0 Å². The lowest BCUT2D eigenvalue weighted by molar-refractivity contribution is 0.499. The zero-order valence-corrected chi connectivity index (χ0v) is 7.56. The van der Waals surface area contributed by atoms with Gasteiger partial charge < -0.3 is 0 Å². The van der Waals surface area contributed by atoms with Gasteiger partial charge in [0.05, 0.1) is 0 Å². The van der Waals surface area contributed by atoms with E-state index >= 15 is 0 Å². The van der Waals surface area contributed by atoms with Crippen molar-refractivity contribution >= 4 is 0 Å². The topological polar surface area (TPSA) is 0 Å². The Kier molecular flexibility index (Phi) is 6.68. The Morgan fingerprint density at radius 2 is 1.60 bits per heavy atom. The van der Waals surface area contributed by atoms with E-state index in [-0.39, 0.29) is 0 Å². The average molecular weight is 140 g/mol. The van der Waals surface area contributed by atoms with Crippen LogP contribution in [0.2, 0.25) is 0 Å². The molecule has 0 unspecified atom stereocenters. The van der Waals surface area contributed by atoms with Gasteiger partial charge in [0.25, 0.3) is 0 Å². The Labute approximate surface area is 65.3 Å². The molecule has 0 heterocycles. The normalized spacial score (nSPS) is 11.6. The highest BCUT2D eigenvalue weighted by Crippen LogP contribution is 2.12. The van der Waals surface area contributed by atoms with Crippen LogP contribution in [0.3, 0.4) is 0 Å². The first-order chi connectivity index (χ1) is 4.85. The summed E-state index contributed by atoms with van der Waals surface area (Å²) in [6.45, 7) is 6.73. The zero-order valence-electron chi connectivity index (χ0n) is 7.56. The maximum absolute atomic E-state index is 2.32. The quantitative estimate of drug-likeness (QED) is 0.510. The summed E-state index contributed by atoms with van der Waals surface area (Å²) >= 11 is 0. The van der Waals surface area contributed by atoms with E-state index < -0.39 is 0 Å². The Bertz CT molecular complexity index is 78.0. The van der Waals surface area contributed by atoms with E-state index in [4.69, 9.17) is 0 Å². The summed E-state index contributed by atoms with van der Waals surface area (Å²) in [4.78, 5) is 0. The Balaban J connectivity index is 3.34. The van der Waals surface area contributed by atoms with E-state index in [2.05, 4.69) is 32.9 Å². The molecule has 0 aliphatic carbocycles. The van der Waals surface area contributed by atoms with Crippen LogP contribution in [0.5, 0.6) is 0 Å². The lowest BCUT2D eigenvalue weighted by Crippen LogP contribution is -1.93. The Morgan fingerprint density at radius 3 is 2.00 bits per heavy atom. The second-order valence-electron chi connectivity index (χ2n) is 2.80. The molecule has 0 spiro atoms. The molecule has 0 fully saturated rings. The number of hydrogen-bond acceptors (Lipinski definition) is 0. The molecule has 0 radical (unpaired) electrons. The van der Waals surface area contributed by atoms with Crippen molar-refractivity contribution in [3.63, 3.8) is 0 Å². The summed E-state index contributed by atoms with van der Waals surface area (Å²) in [7, 11) is 0. The molecule has 0 nitrogen and oxygen atoms in total.